The van der Waals surface area contributed by atoms with Gasteiger partial charge in [-0.2, -0.15) is 0 Å². The molecule has 0 radical (unpaired) electrons. The smallest absolute Gasteiger partial charge is 0.306 e. The Labute approximate surface area is 417 Å². The minimum Gasteiger partial charge on any atom is -0.469 e. The molecule has 5 heterocycles. The summed E-state index contributed by atoms with van der Waals surface area (Å²) in [6.45, 7) is 15.4. The number of allylic oxidation sites excluding steroid dienone is 6. The van der Waals surface area contributed by atoms with Gasteiger partial charge in [0.2, 0.25) is 0 Å². The van der Waals surface area contributed by atoms with Crippen LogP contribution < -0.4 is 11.1 Å². The first-order chi connectivity index (χ1) is 33.2. The van der Waals surface area contributed by atoms with Gasteiger partial charge in [-0.1, -0.05) is 34.6 Å². The summed E-state index contributed by atoms with van der Waals surface area (Å²) in [6, 6.07) is -0.915. The maximum Gasteiger partial charge on any atom is 0.306 e. The van der Waals surface area contributed by atoms with Crippen molar-refractivity contribution >= 4 is 58.9 Å². The van der Waals surface area contributed by atoms with Crippen molar-refractivity contribution in [1.82, 2.24) is 5.32 Å². The molecule has 3 N–H and O–H groups in total. The molecule has 392 valence electrons. The SMILES string of the molecule is COC(=O)CC[C@@H]1/C2=C(\C)C3=NC([C@H](CC(=O)OC)[C@@]3(C)CCC(=O)OC)[C@]3(C)N=C(C(C)=C4NC(=C(N)C(=N2)C1(C)C)[C@@H](CCC(=O)OC)[C@]4(C)CC(=O)OC)[C@@H](CCC(=O)OC)[C@]3(C)CC(=O)OC. The van der Waals surface area contributed by atoms with Crippen LogP contribution in [0.5, 0.6) is 0 Å². The molecule has 0 aromatic rings. The second-order valence-electron chi connectivity index (χ2n) is 20.9. The van der Waals surface area contributed by atoms with Crippen LogP contribution in [0.1, 0.15) is 126 Å². The molecular weight excluding hydrogens is 919 g/mol. The number of nitrogens with two attached hydrogens (primary N) is 1. The summed E-state index contributed by atoms with van der Waals surface area (Å²) < 4.78 is 36.8. The Morgan fingerprint density at radius 3 is 1.58 bits per heavy atom. The lowest BCUT2D eigenvalue weighted by molar-refractivity contribution is -0.147. The van der Waals surface area contributed by atoms with Gasteiger partial charge >= 0.3 is 41.8 Å². The highest BCUT2D eigenvalue weighted by atomic mass is 16.5. The van der Waals surface area contributed by atoms with E-state index < -0.39 is 98.7 Å². The first-order valence-corrected chi connectivity index (χ1v) is 24.2. The van der Waals surface area contributed by atoms with Gasteiger partial charge in [0.15, 0.2) is 0 Å². The maximum atomic E-state index is 14.0. The van der Waals surface area contributed by atoms with Gasteiger partial charge in [0, 0.05) is 99.5 Å². The summed E-state index contributed by atoms with van der Waals surface area (Å²) in [4.78, 5) is 111. The molecule has 19 heteroatoms. The lowest BCUT2D eigenvalue weighted by atomic mass is 9.55. The normalized spacial score (nSPS) is 31.5. The summed E-state index contributed by atoms with van der Waals surface area (Å²) in [6.07, 6.45) is 0.0286. The van der Waals surface area contributed by atoms with Gasteiger partial charge in [0.25, 0.3) is 0 Å². The summed E-state index contributed by atoms with van der Waals surface area (Å²) in [7, 11) is 9.12. The van der Waals surface area contributed by atoms with E-state index >= 15 is 0 Å². The minimum absolute atomic E-state index is 0.0258. The number of ether oxygens (including phenoxy) is 7. The van der Waals surface area contributed by atoms with E-state index in [0.29, 0.717) is 45.4 Å². The molecule has 5 rings (SSSR count). The zero-order valence-corrected chi connectivity index (χ0v) is 44.3. The third-order valence-electron chi connectivity index (χ3n) is 17.0. The van der Waals surface area contributed by atoms with E-state index in [2.05, 4.69) is 5.32 Å². The molecule has 1 fully saturated rings. The summed E-state index contributed by atoms with van der Waals surface area (Å²) >= 11 is 0. The average Bonchev–Trinajstić information content (AvgIpc) is 3.97. The molecular formula is C52H75N5O14. The molecule has 71 heavy (non-hydrogen) atoms. The molecule has 5 aliphatic heterocycles. The van der Waals surface area contributed by atoms with Gasteiger partial charge in [-0.15, -0.1) is 0 Å². The topological polar surface area (TPSA) is 259 Å². The number of rotatable bonds is 18. The summed E-state index contributed by atoms with van der Waals surface area (Å²) in [5.41, 5.74) is 6.28. The molecule has 19 nitrogen and oxygen atoms in total. The van der Waals surface area contributed by atoms with Crippen LogP contribution in [0.15, 0.2) is 48.9 Å². The molecule has 0 spiro atoms. The Bertz CT molecular complexity index is 2400. The monoisotopic (exact) mass is 994 g/mol. The second-order valence-corrected chi connectivity index (χ2v) is 20.9. The lowest BCUT2D eigenvalue weighted by Gasteiger charge is -2.48. The summed E-state index contributed by atoms with van der Waals surface area (Å²) in [5.74, 6) is -6.12. The van der Waals surface area contributed by atoms with Crippen LogP contribution in [0.3, 0.4) is 0 Å². The van der Waals surface area contributed by atoms with Crippen molar-refractivity contribution in [2.75, 3.05) is 49.8 Å². The van der Waals surface area contributed by atoms with Crippen molar-refractivity contribution in [2.45, 2.75) is 138 Å². The number of aliphatic imine (C=N–C) groups is 3. The van der Waals surface area contributed by atoms with Gasteiger partial charge in [-0.3, -0.25) is 48.5 Å². The highest BCUT2D eigenvalue weighted by molar-refractivity contribution is 6.11. The van der Waals surface area contributed by atoms with Crippen molar-refractivity contribution in [3.8, 4) is 0 Å². The number of esters is 7. The molecule has 1 saturated heterocycles. The van der Waals surface area contributed by atoms with Crippen molar-refractivity contribution in [2.24, 2.45) is 66.0 Å². The molecule has 0 saturated carbocycles. The zero-order chi connectivity index (χ0) is 53.2. The van der Waals surface area contributed by atoms with Crippen molar-refractivity contribution in [3.63, 3.8) is 0 Å². The first-order valence-electron chi connectivity index (χ1n) is 24.2. The Hall–Kier alpha value is -5.88. The van der Waals surface area contributed by atoms with E-state index in [1.165, 1.54) is 49.8 Å². The lowest BCUT2D eigenvalue weighted by Crippen LogP contribution is -2.55. The van der Waals surface area contributed by atoms with E-state index in [9.17, 15) is 33.6 Å². The van der Waals surface area contributed by atoms with E-state index in [1.54, 1.807) is 0 Å². The van der Waals surface area contributed by atoms with Gasteiger partial charge < -0.3 is 44.2 Å². The third kappa shape index (κ3) is 10.0. The Morgan fingerprint density at radius 2 is 1.06 bits per heavy atom. The highest BCUT2D eigenvalue weighted by Crippen LogP contribution is 2.63. The standard InChI is InChI=1S/C52H75N5O14/c1-27-41-29(16-19-33(58)65-9)48(3,4)47(54-41)40(53)43-30(17-20-34(59)66-10)50(6,25-38(63)70-14)45(55-43)28(2)42-31(18-21-35(60)67-11)51(7,26-39(64)71-15)52(8,57-42)46-32(24-37(62)69-13)49(5,44(27)56-46)23-22-36(61)68-12/h29-32,46,55H,16-26,53H2,1-15H3/b41-27-,43-40?,45-28?/t29-,30-,31-,32+,46?,49-,50+,51+,52+/m1/s1. The molecule has 9 atom stereocenters. The summed E-state index contributed by atoms with van der Waals surface area (Å²) in [5, 5.41) is 3.68. The van der Waals surface area contributed by atoms with Crippen LogP contribution in [-0.2, 0) is 66.7 Å². The van der Waals surface area contributed by atoms with E-state index in [4.69, 9.17) is 53.9 Å². The number of nitrogens with zero attached hydrogens (tertiary/aromatic N) is 3. The average molecular weight is 994 g/mol. The van der Waals surface area contributed by atoms with Gasteiger partial charge in [-0.05, 0) is 57.6 Å². The largest absolute Gasteiger partial charge is 0.469 e. The van der Waals surface area contributed by atoms with E-state index in [0.717, 1.165) is 0 Å². The second kappa shape index (κ2) is 21.5. The van der Waals surface area contributed by atoms with Crippen LogP contribution in [0, 0.1) is 45.3 Å². The number of nitrogens with one attached hydrogen (secondary N) is 1. The fraction of sp³-hybridized carbons (Fsp3) is 0.692. The predicted octanol–water partition coefficient (Wildman–Crippen LogP) is 5.82. The van der Waals surface area contributed by atoms with Crippen LogP contribution in [0.2, 0.25) is 0 Å². The molecule has 0 amide bonds. The number of hydrogen-bond acceptors (Lipinski definition) is 19. The third-order valence-corrected chi connectivity index (χ3v) is 17.0. The molecule has 0 aromatic heterocycles. The first kappa shape index (κ1) is 56.0. The number of carbonyl (C=O) groups is 7. The Morgan fingerprint density at radius 1 is 0.577 bits per heavy atom. The van der Waals surface area contributed by atoms with Crippen LogP contribution >= 0.6 is 0 Å². The van der Waals surface area contributed by atoms with Gasteiger partial charge in [0.1, 0.15) is 0 Å². The fourth-order valence-corrected chi connectivity index (χ4v) is 12.5. The molecule has 8 bridgehead atoms. The molecule has 0 aromatic carbocycles. The van der Waals surface area contributed by atoms with Gasteiger partial charge in [-0.25, -0.2) is 0 Å². The van der Waals surface area contributed by atoms with Gasteiger partial charge in [0.05, 0.1) is 92.0 Å². The van der Waals surface area contributed by atoms with E-state index in [1.807, 2.05) is 55.4 Å². The maximum absolute atomic E-state index is 14.0. The number of carbonyl (C=O) groups excluding carboxylic acids is 7. The minimum atomic E-state index is -1.40. The van der Waals surface area contributed by atoms with Crippen LogP contribution in [0.4, 0.5) is 0 Å². The highest BCUT2D eigenvalue weighted by Gasteiger charge is 2.67. The number of hydrogen-bond donors (Lipinski definition) is 2. The number of methoxy groups -OCH3 is 7. The Balaban J connectivity index is 2.08. The van der Waals surface area contributed by atoms with Crippen molar-refractivity contribution < 1.29 is 66.7 Å². The Kier molecular flexibility index (Phi) is 16.9. The number of fused-ring (bicyclic) bond motifs is 6. The molecule has 0 aliphatic carbocycles. The zero-order valence-electron chi connectivity index (χ0n) is 44.3. The van der Waals surface area contributed by atoms with Crippen LogP contribution in [-0.4, -0.2) is 120 Å². The molecule has 5 aliphatic rings. The van der Waals surface area contributed by atoms with E-state index in [-0.39, 0.29) is 76.3 Å². The fourth-order valence-electron chi connectivity index (χ4n) is 12.5. The van der Waals surface area contributed by atoms with Crippen LogP contribution in [0.25, 0.3) is 0 Å². The predicted molar refractivity (Wildman–Crippen MR) is 261 cm³/mol. The van der Waals surface area contributed by atoms with Crippen molar-refractivity contribution in [1.29, 1.82) is 0 Å². The van der Waals surface area contributed by atoms with Crippen molar-refractivity contribution in [3.05, 3.63) is 33.9 Å². The molecule has 1 unspecified atom stereocenters. The quantitative estimate of drug-likeness (QED) is 0.121.